The highest BCUT2D eigenvalue weighted by atomic mass is 16.5. The van der Waals surface area contributed by atoms with Gasteiger partial charge in [-0.05, 0) is 19.3 Å². The number of nitrogen functional groups attached to an aromatic ring is 1. The molecule has 1 aromatic rings. The van der Waals surface area contributed by atoms with Crippen molar-refractivity contribution in [1.29, 1.82) is 0 Å². The lowest BCUT2D eigenvalue weighted by Crippen LogP contribution is -2.23. The molecule has 0 amide bonds. The lowest BCUT2D eigenvalue weighted by molar-refractivity contribution is 0.0156. The van der Waals surface area contributed by atoms with E-state index in [0.29, 0.717) is 5.95 Å². The molecule has 88 valence electrons. The van der Waals surface area contributed by atoms with Crippen LogP contribution < -0.4 is 5.73 Å². The molecule has 1 fully saturated rings. The maximum Gasteiger partial charge on any atom is 0.223 e. The topological polar surface area (TPSA) is 73.9 Å². The van der Waals surface area contributed by atoms with Crippen LogP contribution in [0.2, 0.25) is 0 Å². The molecule has 0 aromatic carbocycles. The third-order valence-electron chi connectivity index (χ3n) is 2.75. The Kier molecular flexibility index (Phi) is 3.66. The molecule has 1 aliphatic rings. The summed E-state index contributed by atoms with van der Waals surface area (Å²) in [4.78, 5) is 12.6. The maximum atomic E-state index is 5.65. The summed E-state index contributed by atoms with van der Waals surface area (Å²) < 4.78 is 5.65. The van der Waals surface area contributed by atoms with E-state index in [0.717, 1.165) is 43.9 Å². The van der Waals surface area contributed by atoms with Gasteiger partial charge in [-0.1, -0.05) is 6.92 Å². The molecule has 1 aliphatic heterocycles. The van der Waals surface area contributed by atoms with Crippen LogP contribution in [0, 0.1) is 0 Å². The summed E-state index contributed by atoms with van der Waals surface area (Å²) in [7, 11) is 0. The number of rotatable bonds is 3. The van der Waals surface area contributed by atoms with Gasteiger partial charge in [0, 0.05) is 19.4 Å². The molecule has 0 bridgehead atoms. The molecule has 0 radical (unpaired) electrons. The van der Waals surface area contributed by atoms with Crippen molar-refractivity contribution in [3.63, 3.8) is 0 Å². The van der Waals surface area contributed by atoms with E-state index >= 15 is 0 Å². The Morgan fingerprint density at radius 2 is 2.06 bits per heavy atom. The minimum Gasteiger partial charge on any atom is -0.378 e. The van der Waals surface area contributed by atoms with E-state index in [4.69, 9.17) is 10.5 Å². The lowest BCUT2D eigenvalue weighted by Gasteiger charge is -2.21. The van der Waals surface area contributed by atoms with Gasteiger partial charge in [0.15, 0.2) is 0 Å². The number of hydrogen-bond donors (Lipinski definition) is 1. The van der Waals surface area contributed by atoms with E-state index in [1.807, 2.05) is 6.92 Å². The van der Waals surface area contributed by atoms with E-state index in [9.17, 15) is 0 Å². The Morgan fingerprint density at radius 3 is 2.75 bits per heavy atom. The van der Waals surface area contributed by atoms with E-state index in [-0.39, 0.29) is 6.10 Å². The minimum atomic E-state index is 0.250. The van der Waals surface area contributed by atoms with Gasteiger partial charge in [-0.15, -0.1) is 0 Å². The zero-order valence-electron chi connectivity index (χ0n) is 9.65. The van der Waals surface area contributed by atoms with Gasteiger partial charge in [-0.3, -0.25) is 0 Å². The summed E-state index contributed by atoms with van der Waals surface area (Å²) in [5, 5.41) is 0. The number of hydrogen-bond acceptors (Lipinski definition) is 5. The molecule has 0 saturated carbocycles. The van der Waals surface area contributed by atoms with Crippen molar-refractivity contribution in [2.24, 2.45) is 0 Å². The molecule has 5 nitrogen and oxygen atoms in total. The second kappa shape index (κ2) is 5.21. The van der Waals surface area contributed by atoms with Gasteiger partial charge >= 0.3 is 0 Å². The third kappa shape index (κ3) is 2.88. The average Bonchev–Trinajstić information content (AvgIpc) is 2.29. The number of ether oxygens (including phenoxy) is 1. The molecular weight excluding hydrogens is 204 g/mol. The van der Waals surface area contributed by atoms with E-state index in [1.165, 1.54) is 6.42 Å². The number of aryl methyl sites for hydroxylation is 1. The van der Waals surface area contributed by atoms with Gasteiger partial charge in [0.25, 0.3) is 0 Å². The fourth-order valence-corrected chi connectivity index (χ4v) is 1.91. The number of anilines is 1. The summed E-state index contributed by atoms with van der Waals surface area (Å²) in [5.41, 5.74) is 5.64. The summed E-state index contributed by atoms with van der Waals surface area (Å²) >= 11 is 0. The SMILES string of the molecule is CCc1nc(N)nc(CC2CCCCO2)n1. The molecule has 1 unspecified atom stereocenters. The monoisotopic (exact) mass is 222 g/mol. The highest BCUT2D eigenvalue weighted by Gasteiger charge is 2.16. The fourth-order valence-electron chi connectivity index (χ4n) is 1.91. The highest BCUT2D eigenvalue weighted by Crippen LogP contribution is 2.15. The van der Waals surface area contributed by atoms with Gasteiger partial charge in [0.05, 0.1) is 6.10 Å². The van der Waals surface area contributed by atoms with Gasteiger partial charge in [0.1, 0.15) is 11.6 Å². The molecular formula is C11H18N4O. The summed E-state index contributed by atoms with van der Waals surface area (Å²) in [5.74, 6) is 1.84. The number of aromatic nitrogens is 3. The minimum absolute atomic E-state index is 0.250. The van der Waals surface area contributed by atoms with Crippen LogP contribution in [0.5, 0.6) is 0 Å². The first-order chi connectivity index (χ1) is 7.78. The molecule has 2 rings (SSSR count). The van der Waals surface area contributed by atoms with Crippen LogP contribution in [0.3, 0.4) is 0 Å². The molecule has 1 saturated heterocycles. The van der Waals surface area contributed by atoms with Crippen molar-refractivity contribution in [1.82, 2.24) is 15.0 Å². The molecule has 0 aliphatic carbocycles. The van der Waals surface area contributed by atoms with Crippen LogP contribution in [0.25, 0.3) is 0 Å². The normalized spacial score (nSPS) is 20.9. The number of nitrogens with zero attached hydrogens (tertiary/aromatic N) is 3. The maximum absolute atomic E-state index is 5.65. The molecule has 5 heteroatoms. The average molecular weight is 222 g/mol. The Bertz CT molecular complexity index is 350. The van der Waals surface area contributed by atoms with Crippen molar-refractivity contribution in [2.45, 2.75) is 45.1 Å². The quantitative estimate of drug-likeness (QED) is 0.829. The summed E-state index contributed by atoms with van der Waals surface area (Å²) in [6.07, 6.45) is 5.26. The Labute approximate surface area is 95.5 Å². The lowest BCUT2D eigenvalue weighted by atomic mass is 10.1. The summed E-state index contributed by atoms with van der Waals surface area (Å²) in [6, 6.07) is 0. The van der Waals surface area contributed by atoms with Crippen LogP contribution >= 0.6 is 0 Å². The van der Waals surface area contributed by atoms with Gasteiger partial charge in [-0.25, -0.2) is 4.98 Å². The van der Waals surface area contributed by atoms with Crippen LogP contribution in [0.1, 0.15) is 37.8 Å². The molecule has 1 atom stereocenters. The van der Waals surface area contributed by atoms with Gasteiger partial charge in [-0.2, -0.15) is 9.97 Å². The van der Waals surface area contributed by atoms with Crippen LogP contribution in [-0.2, 0) is 17.6 Å². The first-order valence-electron chi connectivity index (χ1n) is 5.89. The van der Waals surface area contributed by atoms with Crippen molar-refractivity contribution in [2.75, 3.05) is 12.3 Å². The van der Waals surface area contributed by atoms with E-state index in [1.54, 1.807) is 0 Å². The number of nitrogens with two attached hydrogens (primary N) is 1. The van der Waals surface area contributed by atoms with E-state index in [2.05, 4.69) is 15.0 Å². The second-order valence-corrected chi connectivity index (χ2v) is 4.07. The van der Waals surface area contributed by atoms with Crippen LogP contribution in [0.4, 0.5) is 5.95 Å². The molecule has 16 heavy (non-hydrogen) atoms. The van der Waals surface area contributed by atoms with Gasteiger partial charge < -0.3 is 10.5 Å². The molecule has 1 aromatic heterocycles. The van der Waals surface area contributed by atoms with Crippen molar-refractivity contribution in [3.05, 3.63) is 11.6 Å². The zero-order valence-corrected chi connectivity index (χ0v) is 9.65. The predicted molar refractivity (Wildman–Crippen MR) is 60.9 cm³/mol. The fraction of sp³-hybridized carbons (Fsp3) is 0.727. The van der Waals surface area contributed by atoms with Crippen molar-refractivity contribution >= 4 is 5.95 Å². The molecule has 0 spiro atoms. The van der Waals surface area contributed by atoms with Crippen LogP contribution in [-0.4, -0.2) is 27.7 Å². The Hall–Kier alpha value is -1.23. The first-order valence-corrected chi connectivity index (χ1v) is 5.89. The zero-order chi connectivity index (χ0) is 11.4. The van der Waals surface area contributed by atoms with Gasteiger partial charge in [0.2, 0.25) is 5.95 Å². The molecule has 2 N–H and O–H groups in total. The smallest absolute Gasteiger partial charge is 0.223 e. The Morgan fingerprint density at radius 1 is 1.25 bits per heavy atom. The molecule has 2 heterocycles. The Balaban J connectivity index is 2.04. The van der Waals surface area contributed by atoms with E-state index < -0.39 is 0 Å². The second-order valence-electron chi connectivity index (χ2n) is 4.07. The predicted octanol–water partition coefficient (Wildman–Crippen LogP) is 1.13. The standard InChI is InChI=1S/C11H18N4O/c1-2-9-13-10(15-11(12)14-9)7-8-5-3-4-6-16-8/h8H,2-7H2,1H3,(H2,12,13,14,15). The highest BCUT2D eigenvalue weighted by molar-refractivity contribution is 5.16. The first kappa shape index (κ1) is 11.3. The third-order valence-corrected chi connectivity index (χ3v) is 2.75. The largest absolute Gasteiger partial charge is 0.378 e. The van der Waals surface area contributed by atoms with Crippen molar-refractivity contribution in [3.8, 4) is 0 Å². The summed E-state index contributed by atoms with van der Waals surface area (Å²) in [6.45, 7) is 2.86. The van der Waals surface area contributed by atoms with Crippen LogP contribution in [0.15, 0.2) is 0 Å². The van der Waals surface area contributed by atoms with Crippen molar-refractivity contribution < 1.29 is 4.74 Å².